The Hall–Kier alpha value is -2.53. The summed E-state index contributed by atoms with van der Waals surface area (Å²) in [5, 5.41) is 10.8. The number of fused-ring (bicyclic) bond motifs is 2. The van der Waals surface area contributed by atoms with Gasteiger partial charge in [0.2, 0.25) is 5.75 Å². The summed E-state index contributed by atoms with van der Waals surface area (Å²) in [5.41, 5.74) is 2.10. The first kappa shape index (κ1) is 18.8. The van der Waals surface area contributed by atoms with Gasteiger partial charge in [0.05, 0.1) is 20.1 Å². The first-order valence-corrected chi connectivity index (χ1v) is 10.0. The van der Waals surface area contributed by atoms with Gasteiger partial charge < -0.3 is 14.6 Å². The zero-order valence-corrected chi connectivity index (χ0v) is 16.6. The Bertz CT molecular complexity index is 823. The van der Waals surface area contributed by atoms with Crippen LogP contribution >= 0.6 is 0 Å². The number of nitrogens with one attached hydrogen (secondary N) is 1. The fourth-order valence-electron chi connectivity index (χ4n) is 4.78. The lowest BCUT2D eigenvalue weighted by Gasteiger charge is -2.37. The SMILES string of the molecule is COc1cccc([NH+]=C(O)C2CC3CCC(C2)N3Cc2ccccc2)c1OC. The number of ether oxygens (including phenoxy) is 2. The third-order valence-electron chi connectivity index (χ3n) is 6.14. The minimum Gasteiger partial charge on any atom is -0.493 e. The van der Waals surface area contributed by atoms with Crippen LogP contribution in [0.3, 0.4) is 0 Å². The molecular formula is C23H29N2O3+. The fourth-order valence-corrected chi connectivity index (χ4v) is 4.78. The molecule has 0 aromatic heterocycles. The summed E-state index contributed by atoms with van der Waals surface area (Å²) >= 11 is 0. The smallest absolute Gasteiger partial charge is 0.341 e. The highest BCUT2D eigenvalue weighted by molar-refractivity contribution is 5.73. The van der Waals surface area contributed by atoms with E-state index in [9.17, 15) is 5.11 Å². The van der Waals surface area contributed by atoms with Gasteiger partial charge in [-0.25, -0.2) is 0 Å². The van der Waals surface area contributed by atoms with Gasteiger partial charge in [0.15, 0.2) is 5.75 Å². The second kappa shape index (κ2) is 8.23. The van der Waals surface area contributed by atoms with Crippen molar-refractivity contribution in [3.63, 3.8) is 0 Å². The fraction of sp³-hybridized carbons (Fsp3) is 0.435. The van der Waals surface area contributed by atoms with Crippen LogP contribution in [0.1, 0.15) is 31.2 Å². The third kappa shape index (κ3) is 3.72. The third-order valence-corrected chi connectivity index (χ3v) is 6.14. The van der Waals surface area contributed by atoms with E-state index < -0.39 is 0 Å². The average molecular weight is 381 g/mol. The molecule has 5 nitrogen and oxygen atoms in total. The van der Waals surface area contributed by atoms with Gasteiger partial charge >= 0.3 is 5.90 Å². The summed E-state index contributed by atoms with van der Waals surface area (Å²) in [7, 11) is 3.23. The lowest BCUT2D eigenvalue weighted by atomic mass is 9.90. The van der Waals surface area contributed by atoms with Crippen LogP contribution in [0.4, 0.5) is 5.69 Å². The molecule has 0 amide bonds. The molecule has 2 unspecified atom stereocenters. The molecule has 2 bridgehead atoms. The highest BCUT2D eigenvalue weighted by Crippen LogP contribution is 2.39. The van der Waals surface area contributed by atoms with E-state index in [0.717, 1.165) is 25.1 Å². The molecule has 0 aliphatic carbocycles. The molecule has 2 aromatic rings. The number of hydrogen-bond donors (Lipinski definition) is 2. The summed E-state index contributed by atoms with van der Waals surface area (Å²) in [4.78, 5) is 5.82. The Morgan fingerprint density at radius 1 is 1.00 bits per heavy atom. The van der Waals surface area contributed by atoms with Crippen molar-refractivity contribution >= 4 is 11.6 Å². The number of rotatable bonds is 6. The van der Waals surface area contributed by atoms with Crippen molar-refractivity contribution in [2.75, 3.05) is 14.2 Å². The van der Waals surface area contributed by atoms with Gasteiger partial charge in [0, 0.05) is 24.7 Å². The molecule has 0 saturated carbocycles. The maximum Gasteiger partial charge on any atom is 0.341 e. The van der Waals surface area contributed by atoms with Crippen LogP contribution in [0.25, 0.3) is 0 Å². The molecule has 4 rings (SSSR count). The molecular weight excluding hydrogens is 352 g/mol. The van der Waals surface area contributed by atoms with Gasteiger partial charge in [0.25, 0.3) is 5.69 Å². The lowest BCUT2D eigenvalue weighted by Crippen LogP contribution is -2.69. The molecule has 2 saturated heterocycles. The van der Waals surface area contributed by atoms with Crippen molar-refractivity contribution in [3.05, 3.63) is 54.1 Å². The minimum absolute atomic E-state index is 0.153. The van der Waals surface area contributed by atoms with E-state index in [1.165, 1.54) is 18.4 Å². The molecule has 148 valence electrons. The number of nitrogens with zero attached hydrogens (tertiary/aromatic N) is 1. The summed E-state index contributed by atoms with van der Waals surface area (Å²) in [6.45, 7) is 1.00. The van der Waals surface area contributed by atoms with Crippen LogP contribution < -0.4 is 14.5 Å². The molecule has 2 N–H and O–H groups in total. The maximum absolute atomic E-state index is 10.8. The zero-order valence-electron chi connectivity index (χ0n) is 16.6. The molecule has 5 heteroatoms. The highest BCUT2D eigenvalue weighted by Gasteiger charge is 2.43. The van der Waals surface area contributed by atoms with E-state index in [2.05, 4.69) is 40.2 Å². The zero-order chi connectivity index (χ0) is 19.5. The number of piperidine rings is 1. The summed E-state index contributed by atoms with van der Waals surface area (Å²) in [5.74, 6) is 1.75. The first-order valence-electron chi connectivity index (χ1n) is 10.0. The first-order chi connectivity index (χ1) is 13.7. The largest absolute Gasteiger partial charge is 0.493 e. The second-order valence-electron chi connectivity index (χ2n) is 7.76. The summed E-state index contributed by atoms with van der Waals surface area (Å²) in [6.07, 6.45) is 4.39. The predicted molar refractivity (Wildman–Crippen MR) is 109 cm³/mol. The standard InChI is InChI=1S/C23H28N2O3/c1-27-21-10-6-9-20(22(21)28-2)24-23(26)17-13-18-11-12-19(14-17)25(18)15-16-7-4-3-5-8-16/h3-10,17-19H,11-15H2,1-2H3,(H,24,26)/p+1. The summed E-state index contributed by atoms with van der Waals surface area (Å²) < 4.78 is 10.8. The van der Waals surface area contributed by atoms with Crippen LogP contribution in [-0.2, 0) is 6.54 Å². The monoisotopic (exact) mass is 381 g/mol. The van der Waals surface area contributed by atoms with Gasteiger partial charge in [-0.05, 0) is 37.3 Å². The van der Waals surface area contributed by atoms with E-state index in [1.54, 1.807) is 14.2 Å². The Balaban J connectivity index is 1.49. The van der Waals surface area contributed by atoms with Crippen molar-refractivity contribution < 1.29 is 19.6 Å². The number of hydrogen-bond acceptors (Lipinski definition) is 3. The molecule has 2 aromatic carbocycles. The van der Waals surface area contributed by atoms with Crippen LogP contribution in [-0.4, -0.2) is 42.2 Å². The molecule has 0 spiro atoms. The van der Waals surface area contributed by atoms with E-state index >= 15 is 0 Å². The van der Waals surface area contributed by atoms with E-state index in [4.69, 9.17) is 9.47 Å². The Kier molecular flexibility index (Phi) is 5.53. The number of aliphatic hydroxyl groups excluding tert-OH is 1. The highest BCUT2D eigenvalue weighted by atomic mass is 16.5. The molecule has 0 radical (unpaired) electrons. The number of para-hydroxylation sites is 1. The Labute approximate surface area is 166 Å². The topological polar surface area (TPSA) is 55.9 Å². The van der Waals surface area contributed by atoms with Gasteiger partial charge in [0.1, 0.15) is 0 Å². The molecule has 2 aliphatic rings. The van der Waals surface area contributed by atoms with Crippen LogP contribution in [0, 0.1) is 5.92 Å². The predicted octanol–water partition coefficient (Wildman–Crippen LogP) is 2.82. The molecule has 2 atom stereocenters. The van der Waals surface area contributed by atoms with Crippen LogP contribution in [0.2, 0.25) is 0 Å². The quantitative estimate of drug-likeness (QED) is 0.597. The van der Waals surface area contributed by atoms with E-state index in [-0.39, 0.29) is 5.92 Å². The second-order valence-corrected chi connectivity index (χ2v) is 7.76. The lowest BCUT2D eigenvalue weighted by molar-refractivity contribution is -0.371. The molecule has 2 fully saturated rings. The Morgan fingerprint density at radius 3 is 2.36 bits per heavy atom. The Morgan fingerprint density at radius 2 is 1.71 bits per heavy atom. The molecule has 28 heavy (non-hydrogen) atoms. The molecule has 2 heterocycles. The van der Waals surface area contributed by atoms with Crippen LogP contribution in [0.15, 0.2) is 48.5 Å². The summed E-state index contributed by atoms with van der Waals surface area (Å²) in [6, 6.07) is 17.4. The minimum atomic E-state index is 0.153. The van der Waals surface area contributed by atoms with Crippen molar-refractivity contribution in [1.29, 1.82) is 0 Å². The van der Waals surface area contributed by atoms with Gasteiger partial charge in [-0.2, -0.15) is 4.99 Å². The van der Waals surface area contributed by atoms with Crippen molar-refractivity contribution in [2.45, 2.75) is 44.3 Å². The van der Waals surface area contributed by atoms with Crippen molar-refractivity contribution in [3.8, 4) is 11.5 Å². The number of benzene rings is 2. The van der Waals surface area contributed by atoms with E-state index in [0.29, 0.717) is 29.5 Å². The van der Waals surface area contributed by atoms with E-state index in [1.807, 2.05) is 18.2 Å². The van der Waals surface area contributed by atoms with Crippen molar-refractivity contribution in [1.82, 2.24) is 4.90 Å². The number of methoxy groups -OCH3 is 2. The van der Waals surface area contributed by atoms with Crippen molar-refractivity contribution in [2.24, 2.45) is 5.92 Å². The average Bonchev–Trinajstić information content (AvgIpc) is 2.95. The van der Waals surface area contributed by atoms with Gasteiger partial charge in [-0.15, -0.1) is 0 Å². The van der Waals surface area contributed by atoms with Gasteiger partial charge in [-0.1, -0.05) is 36.4 Å². The number of aliphatic hydroxyl groups is 1. The van der Waals surface area contributed by atoms with Gasteiger partial charge in [-0.3, -0.25) is 4.90 Å². The normalized spacial score (nSPS) is 24.9. The molecule has 2 aliphatic heterocycles. The maximum atomic E-state index is 10.8. The van der Waals surface area contributed by atoms with Crippen LogP contribution in [0.5, 0.6) is 11.5 Å².